The summed E-state index contributed by atoms with van der Waals surface area (Å²) < 4.78 is 2.72. The third-order valence-electron chi connectivity index (χ3n) is 2.90. The maximum Gasteiger partial charge on any atom is 0.253 e. The number of pyridine rings is 1. The second kappa shape index (κ2) is 7.74. The van der Waals surface area contributed by atoms with Gasteiger partial charge < -0.3 is 9.88 Å². The van der Waals surface area contributed by atoms with Crippen molar-refractivity contribution < 1.29 is 0 Å². The first-order chi connectivity index (χ1) is 8.50. The summed E-state index contributed by atoms with van der Waals surface area (Å²) in [5.41, 5.74) is 0.881. The molecular formula is C14H23BrN2O. The molecule has 1 heterocycles. The summed E-state index contributed by atoms with van der Waals surface area (Å²) in [6.45, 7) is 8.92. The van der Waals surface area contributed by atoms with Gasteiger partial charge in [0.25, 0.3) is 5.56 Å². The first kappa shape index (κ1) is 15.4. The molecular weight excluding hydrogens is 292 g/mol. The van der Waals surface area contributed by atoms with Crippen molar-refractivity contribution in [3.05, 3.63) is 32.7 Å². The molecule has 0 spiro atoms. The van der Waals surface area contributed by atoms with Crippen molar-refractivity contribution in [1.82, 2.24) is 9.88 Å². The van der Waals surface area contributed by atoms with E-state index in [1.165, 1.54) is 12.8 Å². The van der Waals surface area contributed by atoms with Crippen molar-refractivity contribution in [2.75, 3.05) is 13.1 Å². The Bertz CT molecular complexity index is 426. The van der Waals surface area contributed by atoms with Gasteiger partial charge in [-0.3, -0.25) is 4.79 Å². The second-order valence-corrected chi connectivity index (χ2v) is 6.04. The van der Waals surface area contributed by atoms with Crippen LogP contribution in [0.1, 0.15) is 32.3 Å². The lowest BCUT2D eigenvalue weighted by Crippen LogP contribution is -2.28. The van der Waals surface area contributed by atoms with Gasteiger partial charge in [0.05, 0.1) is 0 Å². The SMILES string of the molecule is Cc1cc(Br)cn(CCNCCCC(C)C)c1=O. The van der Waals surface area contributed by atoms with E-state index in [0.29, 0.717) is 0 Å². The molecule has 0 unspecified atom stereocenters. The summed E-state index contributed by atoms with van der Waals surface area (Å²) in [5, 5.41) is 3.38. The van der Waals surface area contributed by atoms with Gasteiger partial charge in [0, 0.05) is 29.3 Å². The molecule has 0 amide bonds. The average Bonchev–Trinajstić information content (AvgIpc) is 2.29. The zero-order chi connectivity index (χ0) is 13.5. The standard InChI is InChI=1S/C14H23BrN2O/c1-11(2)5-4-6-16-7-8-17-10-13(15)9-12(3)14(17)18/h9-11,16H,4-8H2,1-3H3. The highest BCUT2D eigenvalue weighted by atomic mass is 79.9. The number of hydrogen-bond acceptors (Lipinski definition) is 2. The zero-order valence-electron chi connectivity index (χ0n) is 11.5. The van der Waals surface area contributed by atoms with Crippen LogP contribution in [-0.2, 0) is 6.54 Å². The van der Waals surface area contributed by atoms with E-state index < -0.39 is 0 Å². The van der Waals surface area contributed by atoms with Gasteiger partial charge in [0.15, 0.2) is 0 Å². The van der Waals surface area contributed by atoms with Crippen LogP contribution in [0.2, 0.25) is 0 Å². The van der Waals surface area contributed by atoms with Crippen molar-refractivity contribution in [2.45, 2.75) is 40.2 Å². The molecule has 1 N–H and O–H groups in total. The molecule has 0 aliphatic carbocycles. The fraction of sp³-hybridized carbons (Fsp3) is 0.643. The third kappa shape index (κ3) is 5.36. The second-order valence-electron chi connectivity index (χ2n) is 5.13. The predicted molar refractivity (Wildman–Crippen MR) is 80.1 cm³/mol. The number of nitrogens with one attached hydrogen (secondary N) is 1. The minimum Gasteiger partial charge on any atom is -0.315 e. The number of aromatic nitrogens is 1. The molecule has 3 nitrogen and oxygen atoms in total. The monoisotopic (exact) mass is 314 g/mol. The largest absolute Gasteiger partial charge is 0.315 e. The molecule has 0 aliphatic heterocycles. The molecule has 0 aliphatic rings. The number of hydrogen-bond donors (Lipinski definition) is 1. The fourth-order valence-corrected chi connectivity index (χ4v) is 2.46. The normalized spacial score (nSPS) is 11.2. The van der Waals surface area contributed by atoms with Gasteiger partial charge in [-0.05, 0) is 54.2 Å². The van der Waals surface area contributed by atoms with Gasteiger partial charge in [0.1, 0.15) is 0 Å². The lowest BCUT2D eigenvalue weighted by Gasteiger charge is -2.09. The highest BCUT2D eigenvalue weighted by molar-refractivity contribution is 9.10. The minimum atomic E-state index is 0.0992. The molecule has 0 aromatic carbocycles. The molecule has 102 valence electrons. The highest BCUT2D eigenvalue weighted by Crippen LogP contribution is 2.07. The number of nitrogens with zero attached hydrogens (tertiary/aromatic N) is 1. The van der Waals surface area contributed by atoms with Crippen LogP contribution in [0.3, 0.4) is 0 Å². The van der Waals surface area contributed by atoms with Gasteiger partial charge in [-0.1, -0.05) is 13.8 Å². The van der Waals surface area contributed by atoms with Crippen LogP contribution in [0.5, 0.6) is 0 Å². The zero-order valence-corrected chi connectivity index (χ0v) is 13.1. The van der Waals surface area contributed by atoms with E-state index in [1.54, 1.807) is 4.57 Å². The predicted octanol–water partition coefficient (Wildman–Crippen LogP) is 2.95. The minimum absolute atomic E-state index is 0.0992. The molecule has 0 bridgehead atoms. The van der Waals surface area contributed by atoms with E-state index in [4.69, 9.17) is 0 Å². The van der Waals surface area contributed by atoms with E-state index in [1.807, 2.05) is 19.2 Å². The maximum absolute atomic E-state index is 11.8. The van der Waals surface area contributed by atoms with Crippen molar-refractivity contribution in [3.8, 4) is 0 Å². The Morgan fingerprint density at radius 2 is 2.11 bits per heavy atom. The molecule has 18 heavy (non-hydrogen) atoms. The van der Waals surface area contributed by atoms with Crippen LogP contribution in [0.15, 0.2) is 21.5 Å². The molecule has 1 aromatic heterocycles. The summed E-state index contributed by atoms with van der Waals surface area (Å²) in [4.78, 5) is 11.8. The van der Waals surface area contributed by atoms with E-state index in [2.05, 4.69) is 35.1 Å². The van der Waals surface area contributed by atoms with Crippen LogP contribution in [0.4, 0.5) is 0 Å². The summed E-state index contributed by atoms with van der Waals surface area (Å²) in [6.07, 6.45) is 4.30. The highest BCUT2D eigenvalue weighted by Gasteiger charge is 2.01. The Morgan fingerprint density at radius 1 is 1.39 bits per heavy atom. The van der Waals surface area contributed by atoms with Crippen molar-refractivity contribution in [1.29, 1.82) is 0 Å². The van der Waals surface area contributed by atoms with Crippen LogP contribution in [-0.4, -0.2) is 17.7 Å². The van der Waals surface area contributed by atoms with Gasteiger partial charge in [-0.25, -0.2) is 0 Å². The Kier molecular flexibility index (Phi) is 6.65. The molecule has 1 rings (SSSR count). The summed E-state index contributed by atoms with van der Waals surface area (Å²) in [6, 6.07) is 1.86. The quantitative estimate of drug-likeness (QED) is 0.785. The van der Waals surface area contributed by atoms with Crippen molar-refractivity contribution in [2.24, 2.45) is 5.92 Å². The topological polar surface area (TPSA) is 34.0 Å². The molecule has 0 radical (unpaired) electrons. The summed E-state index contributed by atoms with van der Waals surface area (Å²) in [5.74, 6) is 0.766. The molecule has 0 fully saturated rings. The van der Waals surface area contributed by atoms with E-state index in [-0.39, 0.29) is 5.56 Å². The first-order valence-electron chi connectivity index (χ1n) is 6.58. The third-order valence-corrected chi connectivity index (χ3v) is 3.33. The Morgan fingerprint density at radius 3 is 2.78 bits per heavy atom. The van der Waals surface area contributed by atoms with Gasteiger partial charge in [0.2, 0.25) is 0 Å². The summed E-state index contributed by atoms with van der Waals surface area (Å²) >= 11 is 3.42. The van der Waals surface area contributed by atoms with Crippen molar-refractivity contribution in [3.63, 3.8) is 0 Å². The van der Waals surface area contributed by atoms with Crippen LogP contribution in [0, 0.1) is 12.8 Å². The Hall–Kier alpha value is -0.610. The van der Waals surface area contributed by atoms with E-state index in [9.17, 15) is 4.79 Å². The average molecular weight is 315 g/mol. The smallest absolute Gasteiger partial charge is 0.253 e. The fourth-order valence-electron chi connectivity index (χ4n) is 1.87. The van der Waals surface area contributed by atoms with Crippen molar-refractivity contribution >= 4 is 15.9 Å². The summed E-state index contributed by atoms with van der Waals surface area (Å²) in [7, 11) is 0. The van der Waals surface area contributed by atoms with E-state index >= 15 is 0 Å². The molecule has 4 heteroatoms. The van der Waals surface area contributed by atoms with Crippen LogP contribution >= 0.6 is 15.9 Å². The van der Waals surface area contributed by atoms with Gasteiger partial charge in [-0.2, -0.15) is 0 Å². The van der Waals surface area contributed by atoms with Crippen LogP contribution < -0.4 is 10.9 Å². The van der Waals surface area contributed by atoms with Crippen LogP contribution in [0.25, 0.3) is 0 Å². The lowest BCUT2D eigenvalue weighted by molar-refractivity contribution is 0.512. The Labute approximate surface area is 118 Å². The number of halogens is 1. The Balaban J connectivity index is 2.34. The lowest BCUT2D eigenvalue weighted by atomic mass is 10.1. The van der Waals surface area contributed by atoms with E-state index in [0.717, 1.165) is 35.6 Å². The molecule has 0 saturated heterocycles. The number of rotatable bonds is 7. The molecule has 0 atom stereocenters. The maximum atomic E-state index is 11.8. The van der Waals surface area contributed by atoms with Gasteiger partial charge in [-0.15, -0.1) is 0 Å². The van der Waals surface area contributed by atoms with Gasteiger partial charge >= 0.3 is 0 Å². The first-order valence-corrected chi connectivity index (χ1v) is 7.37. The molecule has 0 saturated carbocycles. The number of aryl methyl sites for hydroxylation is 1. The molecule has 1 aromatic rings.